The van der Waals surface area contributed by atoms with Gasteiger partial charge in [0, 0.05) is 6.42 Å². The van der Waals surface area contributed by atoms with E-state index < -0.39 is 8.32 Å². The van der Waals surface area contributed by atoms with Crippen LogP contribution in [0.3, 0.4) is 0 Å². The summed E-state index contributed by atoms with van der Waals surface area (Å²) in [4.78, 5) is 12.0. The van der Waals surface area contributed by atoms with Crippen molar-refractivity contribution in [1.82, 2.24) is 0 Å². The second-order valence-electron chi connectivity index (χ2n) is 7.79. The standard InChI is InChI=1S/C21H28O3Si/c1-21(2,3)25(4,5)24-19-14-12-18(13-15-19)23-20(22)16-11-17-9-7-6-8-10-17/h6-10,12-15H,11,16H2,1-5H3. The Morgan fingerprint density at radius 1 is 0.920 bits per heavy atom. The number of carbonyl (C=O) groups excluding carboxylic acids is 1. The molecule has 2 rings (SSSR count). The quantitative estimate of drug-likeness (QED) is 0.383. The Labute approximate surface area is 152 Å². The first-order valence-electron chi connectivity index (χ1n) is 8.71. The van der Waals surface area contributed by atoms with Crippen molar-refractivity contribution in [1.29, 1.82) is 0 Å². The normalized spacial score (nSPS) is 11.9. The molecule has 0 saturated carbocycles. The fourth-order valence-corrected chi connectivity index (χ4v) is 3.13. The van der Waals surface area contributed by atoms with Crippen LogP contribution in [0.2, 0.25) is 18.1 Å². The highest BCUT2D eigenvalue weighted by Crippen LogP contribution is 2.37. The summed E-state index contributed by atoms with van der Waals surface area (Å²) >= 11 is 0. The van der Waals surface area contributed by atoms with Crippen LogP contribution in [0.4, 0.5) is 0 Å². The molecule has 0 aliphatic rings. The Hall–Kier alpha value is -2.07. The van der Waals surface area contributed by atoms with Crippen molar-refractivity contribution in [2.45, 2.75) is 51.7 Å². The number of carbonyl (C=O) groups is 1. The summed E-state index contributed by atoms with van der Waals surface area (Å²) in [6.45, 7) is 11.1. The largest absolute Gasteiger partial charge is 0.543 e. The molecule has 0 aliphatic heterocycles. The predicted molar refractivity (Wildman–Crippen MR) is 105 cm³/mol. The molecule has 0 N–H and O–H groups in total. The molecule has 0 aliphatic carbocycles. The van der Waals surface area contributed by atoms with Gasteiger partial charge in [-0.05, 0) is 54.4 Å². The van der Waals surface area contributed by atoms with Gasteiger partial charge in [-0.2, -0.15) is 0 Å². The van der Waals surface area contributed by atoms with Gasteiger partial charge in [0.2, 0.25) is 8.32 Å². The molecule has 0 bridgehead atoms. The third kappa shape index (κ3) is 5.75. The van der Waals surface area contributed by atoms with Crippen LogP contribution in [0.1, 0.15) is 32.8 Å². The van der Waals surface area contributed by atoms with Crippen LogP contribution in [0, 0.1) is 0 Å². The van der Waals surface area contributed by atoms with E-state index in [4.69, 9.17) is 9.16 Å². The Kier molecular flexibility index (Phi) is 6.06. The molecule has 0 saturated heterocycles. The average Bonchev–Trinajstić information content (AvgIpc) is 2.54. The van der Waals surface area contributed by atoms with E-state index in [1.54, 1.807) is 12.1 Å². The van der Waals surface area contributed by atoms with Crippen LogP contribution in [0.15, 0.2) is 54.6 Å². The van der Waals surface area contributed by atoms with Gasteiger partial charge < -0.3 is 9.16 Å². The van der Waals surface area contributed by atoms with Gasteiger partial charge in [0.15, 0.2) is 0 Å². The Morgan fingerprint density at radius 3 is 2.04 bits per heavy atom. The third-order valence-corrected chi connectivity index (χ3v) is 9.05. The number of rotatable bonds is 6. The summed E-state index contributed by atoms with van der Waals surface area (Å²) in [6, 6.07) is 17.3. The Bertz CT molecular complexity index is 685. The number of aryl methyl sites for hydroxylation is 1. The molecule has 0 spiro atoms. The number of benzene rings is 2. The molecule has 134 valence electrons. The van der Waals surface area contributed by atoms with Crippen LogP contribution in [0.5, 0.6) is 11.5 Å². The van der Waals surface area contributed by atoms with E-state index >= 15 is 0 Å². The fourth-order valence-electron chi connectivity index (χ4n) is 2.10. The second-order valence-corrected chi connectivity index (χ2v) is 12.5. The average molecular weight is 357 g/mol. The van der Waals surface area contributed by atoms with Gasteiger partial charge in [0.05, 0.1) is 0 Å². The summed E-state index contributed by atoms with van der Waals surface area (Å²) in [5, 5.41) is 0.148. The summed E-state index contributed by atoms with van der Waals surface area (Å²) in [5.74, 6) is 1.17. The van der Waals surface area contributed by atoms with Gasteiger partial charge in [-0.1, -0.05) is 51.1 Å². The molecule has 0 aromatic heterocycles. The summed E-state index contributed by atoms with van der Waals surface area (Å²) in [6.07, 6.45) is 1.05. The highest BCUT2D eigenvalue weighted by atomic mass is 28.4. The van der Waals surface area contributed by atoms with Crippen LogP contribution in [-0.2, 0) is 11.2 Å². The maximum absolute atomic E-state index is 12.0. The predicted octanol–water partition coefficient (Wildman–Crippen LogP) is 5.61. The first kappa shape index (κ1) is 19.3. The van der Waals surface area contributed by atoms with Crippen LogP contribution in [-0.4, -0.2) is 14.3 Å². The fraction of sp³-hybridized carbons (Fsp3) is 0.381. The lowest BCUT2D eigenvalue weighted by Crippen LogP contribution is -2.43. The Morgan fingerprint density at radius 2 is 1.48 bits per heavy atom. The molecule has 25 heavy (non-hydrogen) atoms. The highest BCUT2D eigenvalue weighted by molar-refractivity contribution is 6.74. The van der Waals surface area contributed by atoms with Crippen LogP contribution < -0.4 is 9.16 Å². The van der Waals surface area contributed by atoms with Crippen molar-refractivity contribution in [3.05, 3.63) is 60.2 Å². The molecule has 4 heteroatoms. The zero-order valence-electron chi connectivity index (χ0n) is 15.8. The highest BCUT2D eigenvalue weighted by Gasteiger charge is 2.38. The summed E-state index contributed by atoms with van der Waals surface area (Å²) in [7, 11) is -1.85. The summed E-state index contributed by atoms with van der Waals surface area (Å²) in [5.41, 5.74) is 1.14. The zero-order valence-corrected chi connectivity index (χ0v) is 16.8. The topological polar surface area (TPSA) is 35.5 Å². The molecule has 0 heterocycles. The number of hydrogen-bond acceptors (Lipinski definition) is 3. The molecular formula is C21H28O3Si. The Balaban J connectivity index is 1.88. The minimum atomic E-state index is -1.85. The van der Waals surface area contributed by atoms with Gasteiger partial charge in [-0.3, -0.25) is 4.79 Å². The van der Waals surface area contributed by atoms with Crippen molar-refractivity contribution in [3.63, 3.8) is 0 Å². The molecule has 2 aromatic rings. The van der Waals surface area contributed by atoms with E-state index in [2.05, 4.69) is 33.9 Å². The molecule has 0 radical (unpaired) electrons. The molecule has 3 nitrogen and oxygen atoms in total. The van der Waals surface area contributed by atoms with E-state index in [0.29, 0.717) is 18.6 Å². The first-order chi connectivity index (χ1) is 11.7. The number of hydrogen-bond donors (Lipinski definition) is 0. The maximum atomic E-state index is 12.0. The van der Waals surface area contributed by atoms with Crippen molar-refractivity contribution >= 4 is 14.3 Å². The van der Waals surface area contributed by atoms with E-state index in [1.807, 2.05) is 42.5 Å². The molecule has 0 unspecified atom stereocenters. The van der Waals surface area contributed by atoms with E-state index in [9.17, 15) is 4.79 Å². The SMILES string of the molecule is CC(C)(C)[Si](C)(C)Oc1ccc(OC(=O)CCc2ccccc2)cc1. The van der Waals surface area contributed by atoms with Crippen molar-refractivity contribution in [2.24, 2.45) is 0 Å². The molecule has 2 aromatic carbocycles. The van der Waals surface area contributed by atoms with E-state index in [-0.39, 0.29) is 11.0 Å². The second kappa shape index (κ2) is 7.87. The van der Waals surface area contributed by atoms with E-state index in [1.165, 1.54) is 0 Å². The first-order valence-corrected chi connectivity index (χ1v) is 11.6. The monoisotopic (exact) mass is 356 g/mol. The third-order valence-electron chi connectivity index (χ3n) is 4.70. The number of ether oxygens (including phenoxy) is 1. The van der Waals surface area contributed by atoms with Gasteiger partial charge in [-0.15, -0.1) is 0 Å². The number of esters is 1. The minimum absolute atomic E-state index is 0.148. The lowest BCUT2D eigenvalue weighted by Gasteiger charge is -2.36. The lowest BCUT2D eigenvalue weighted by molar-refractivity contribution is -0.134. The molecule has 0 fully saturated rings. The van der Waals surface area contributed by atoms with Gasteiger partial charge >= 0.3 is 5.97 Å². The lowest BCUT2D eigenvalue weighted by atomic mass is 10.1. The van der Waals surface area contributed by atoms with Gasteiger partial charge in [0.25, 0.3) is 0 Å². The van der Waals surface area contributed by atoms with E-state index in [0.717, 1.165) is 11.3 Å². The van der Waals surface area contributed by atoms with Crippen molar-refractivity contribution in [3.8, 4) is 11.5 Å². The van der Waals surface area contributed by atoms with Gasteiger partial charge in [-0.25, -0.2) is 0 Å². The van der Waals surface area contributed by atoms with Crippen LogP contribution >= 0.6 is 0 Å². The molecular weight excluding hydrogens is 328 g/mol. The van der Waals surface area contributed by atoms with Crippen LogP contribution in [0.25, 0.3) is 0 Å². The zero-order chi connectivity index (χ0) is 18.5. The van der Waals surface area contributed by atoms with Gasteiger partial charge in [0.1, 0.15) is 11.5 Å². The molecule has 0 atom stereocenters. The minimum Gasteiger partial charge on any atom is -0.543 e. The molecule has 0 amide bonds. The van der Waals surface area contributed by atoms with Crippen molar-refractivity contribution < 1.29 is 14.0 Å². The summed E-state index contributed by atoms with van der Waals surface area (Å²) < 4.78 is 11.6. The smallest absolute Gasteiger partial charge is 0.311 e. The van der Waals surface area contributed by atoms with Crippen molar-refractivity contribution in [2.75, 3.05) is 0 Å². The maximum Gasteiger partial charge on any atom is 0.311 e.